The van der Waals surface area contributed by atoms with E-state index >= 15 is 0 Å². The second kappa shape index (κ2) is 5.12. The zero-order valence-electron chi connectivity index (χ0n) is 9.46. The van der Waals surface area contributed by atoms with Crippen LogP contribution in [0.4, 0.5) is 5.82 Å². The van der Waals surface area contributed by atoms with Gasteiger partial charge in [-0.2, -0.15) is 0 Å². The molecule has 0 amide bonds. The Labute approximate surface area is 95.1 Å². The summed E-state index contributed by atoms with van der Waals surface area (Å²) in [4.78, 5) is 10.4. The maximum Gasteiger partial charge on any atom is 0.218 e. The van der Waals surface area contributed by atoms with Crippen molar-refractivity contribution in [3.05, 3.63) is 12.4 Å². The average Bonchev–Trinajstić information content (AvgIpc) is 3.11. The SMILES string of the molecule is CCOc1cc(N(CCO)C2CC2)ncn1. The Hall–Kier alpha value is -1.36. The van der Waals surface area contributed by atoms with Crippen molar-refractivity contribution in [1.29, 1.82) is 0 Å². The van der Waals surface area contributed by atoms with Gasteiger partial charge in [0.1, 0.15) is 12.1 Å². The van der Waals surface area contributed by atoms with Crippen molar-refractivity contribution in [1.82, 2.24) is 9.97 Å². The summed E-state index contributed by atoms with van der Waals surface area (Å²) in [5, 5.41) is 9.03. The standard InChI is InChI=1S/C11H17N3O2/c1-2-16-11-7-10(12-8-13-11)14(5-6-15)9-3-4-9/h7-9,15H,2-6H2,1H3. The molecule has 2 rings (SSSR count). The molecular formula is C11H17N3O2. The number of rotatable bonds is 6. The lowest BCUT2D eigenvalue weighted by Gasteiger charge is -2.22. The summed E-state index contributed by atoms with van der Waals surface area (Å²) in [7, 11) is 0. The van der Waals surface area contributed by atoms with Crippen LogP contribution in [0.1, 0.15) is 19.8 Å². The molecule has 1 heterocycles. The lowest BCUT2D eigenvalue weighted by atomic mass is 10.4. The van der Waals surface area contributed by atoms with Crippen LogP contribution in [0.15, 0.2) is 12.4 Å². The smallest absolute Gasteiger partial charge is 0.218 e. The minimum Gasteiger partial charge on any atom is -0.478 e. The van der Waals surface area contributed by atoms with Gasteiger partial charge in [-0.15, -0.1) is 0 Å². The molecule has 1 aliphatic rings. The Morgan fingerprint density at radius 1 is 1.50 bits per heavy atom. The van der Waals surface area contributed by atoms with Crippen LogP contribution in [0.5, 0.6) is 5.88 Å². The number of aliphatic hydroxyl groups is 1. The van der Waals surface area contributed by atoms with Gasteiger partial charge in [-0.05, 0) is 19.8 Å². The Kier molecular flexibility index (Phi) is 3.56. The third-order valence-corrected chi connectivity index (χ3v) is 2.54. The molecule has 0 radical (unpaired) electrons. The van der Waals surface area contributed by atoms with E-state index in [9.17, 15) is 0 Å². The van der Waals surface area contributed by atoms with E-state index < -0.39 is 0 Å². The molecule has 5 heteroatoms. The fourth-order valence-electron chi connectivity index (χ4n) is 1.69. The van der Waals surface area contributed by atoms with Crippen molar-refractivity contribution in [2.45, 2.75) is 25.8 Å². The van der Waals surface area contributed by atoms with E-state index in [4.69, 9.17) is 9.84 Å². The van der Waals surface area contributed by atoms with Crippen LogP contribution in [-0.4, -0.2) is 40.9 Å². The molecular weight excluding hydrogens is 206 g/mol. The Bertz CT molecular complexity index is 342. The molecule has 1 aromatic heterocycles. The van der Waals surface area contributed by atoms with Gasteiger partial charge in [-0.3, -0.25) is 0 Å². The average molecular weight is 223 g/mol. The number of nitrogens with zero attached hydrogens (tertiary/aromatic N) is 3. The highest BCUT2D eigenvalue weighted by Gasteiger charge is 2.29. The molecule has 1 N–H and O–H groups in total. The van der Waals surface area contributed by atoms with Crippen molar-refractivity contribution < 1.29 is 9.84 Å². The number of aliphatic hydroxyl groups excluding tert-OH is 1. The van der Waals surface area contributed by atoms with Crippen LogP contribution < -0.4 is 9.64 Å². The van der Waals surface area contributed by atoms with Crippen molar-refractivity contribution >= 4 is 5.82 Å². The van der Waals surface area contributed by atoms with E-state index in [0.717, 1.165) is 5.82 Å². The summed E-state index contributed by atoms with van der Waals surface area (Å²) in [6.45, 7) is 3.28. The van der Waals surface area contributed by atoms with Crippen molar-refractivity contribution in [3.8, 4) is 5.88 Å². The Balaban J connectivity index is 2.12. The van der Waals surface area contributed by atoms with Gasteiger partial charge in [0.25, 0.3) is 0 Å². The van der Waals surface area contributed by atoms with E-state index in [1.807, 2.05) is 13.0 Å². The molecule has 0 aromatic carbocycles. The van der Waals surface area contributed by atoms with Crippen LogP contribution in [0.2, 0.25) is 0 Å². The van der Waals surface area contributed by atoms with Crippen molar-refractivity contribution in [3.63, 3.8) is 0 Å². The molecule has 5 nitrogen and oxygen atoms in total. The van der Waals surface area contributed by atoms with E-state index in [-0.39, 0.29) is 6.61 Å². The Morgan fingerprint density at radius 2 is 2.31 bits per heavy atom. The highest BCUT2D eigenvalue weighted by molar-refractivity contribution is 5.43. The first-order valence-corrected chi connectivity index (χ1v) is 5.67. The topological polar surface area (TPSA) is 58.5 Å². The molecule has 0 atom stereocenters. The summed E-state index contributed by atoms with van der Waals surface area (Å²) < 4.78 is 5.33. The number of hydrogen-bond donors (Lipinski definition) is 1. The summed E-state index contributed by atoms with van der Waals surface area (Å²) in [6.07, 6.45) is 3.86. The molecule has 0 spiro atoms. The molecule has 1 aliphatic carbocycles. The first kappa shape index (κ1) is 11.1. The first-order chi connectivity index (χ1) is 7.85. The number of ether oxygens (including phenoxy) is 1. The molecule has 1 saturated carbocycles. The molecule has 1 fully saturated rings. The highest BCUT2D eigenvalue weighted by atomic mass is 16.5. The molecule has 0 unspecified atom stereocenters. The van der Waals surface area contributed by atoms with Gasteiger partial charge in [-0.1, -0.05) is 0 Å². The van der Waals surface area contributed by atoms with Crippen LogP contribution >= 0.6 is 0 Å². The maximum absolute atomic E-state index is 9.03. The molecule has 0 aliphatic heterocycles. The minimum absolute atomic E-state index is 0.143. The second-order valence-corrected chi connectivity index (χ2v) is 3.80. The fourth-order valence-corrected chi connectivity index (χ4v) is 1.69. The molecule has 1 aromatic rings. The number of anilines is 1. The van der Waals surface area contributed by atoms with Gasteiger partial charge in [0.15, 0.2) is 0 Å². The molecule has 0 bridgehead atoms. The third-order valence-electron chi connectivity index (χ3n) is 2.54. The number of hydrogen-bond acceptors (Lipinski definition) is 5. The summed E-state index contributed by atoms with van der Waals surface area (Å²) in [5.74, 6) is 1.44. The normalized spacial score (nSPS) is 14.9. The predicted octanol–water partition coefficient (Wildman–Crippen LogP) is 0.836. The zero-order valence-corrected chi connectivity index (χ0v) is 9.46. The molecule has 16 heavy (non-hydrogen) atoms. The van der Waals surface area contributed by atoms with Gasteiger partial charge in [0.2, 0.25) is 5.88 Å². The van der Waals surface area contributed by atoms with Crippen LogP contribution in [0.3, 0.4) is 0 Å². The number of aromatic nitrogens is 2. The first-order valence-electron chi connectivity index (χ1n) is 5.67. The van der Waals surface area contributed by atoms with Gasteiger partial charge in [-0.25, -0.2) is 9.97 Å². The van der Waals surface area contributed by atoms with Crippen LogP contribution in [0, 0.1) is 0 Å². The van der Waals surface area contributed by atoms with Gasteiger partial charge >= 0.3 is 0 Å². The quantitative estimate of drug-likeness (QED) is 0.774. The lowest BCUT2D eigenvalue weighted by Crippen LogP contribution is -2.29. The Morgan fingerprint density at radius 3 is 2.94 bits per heavy atom. The van der Waals surface area contributed by atoms with Crippen LogP contribution in [0.25, 0.3) is 0 Å². The fraction of sp³-hybridized carbons (Fsp3) is 0.636. The van der Waals surface area contributed by atoms with E-state index in [0.29, 0.717) is 25.1 Å². The largest absolute Gasteiger partial charge is 0.478 e. The maximum atomic E-state index is 9.03. The van der Waals surface area contributed by atoms with Crippen molar-refractivity contribution in [2.24, 2.45) is 0 Å². The third kappa shape index (κ3) is 2.61. The van der Waals surface area contributed by atoms with E-state index in [1.165, 1.54) is 19.2 Å². The van der Waals surface area contributed by atoms with Crippen molar-refractivity contribution in [2.75, 3.05) is 24.7 Å². The highest BCUT2D eigenvalue weighted by Crippen LogP contribution is 2.30. The van der Waals surface area contributed by atoms with E-state index in [1.54, 1.807) is 0 Å². The lowest BCUT2D eigenvalue weighted by molar-refractivity contribution is 0.300. The van der Waals surface area contributed by atoms with Gasteiger partial charge in [0, 0.05) is 18.7 Å². The van der Waals surface area contributed by atoms with Gasteiger partial charge in [0.05, 0.1) is 13.2 Å². The van der Waals surface area contributed by atoms with E-state index in [2.05, 4.69) is 14.9 Å². The van der Waals surface area contributed by atoms with Gasteiger partial charge < -0.3 is 14.7 Å². The summed E-state index contributed by atoms with van der Waals surface area (Å²) in [5.41, 5.74) is 0. The summed E-state index contributed by atoms with van der Waals surface area (Å²) in [6, 6.07) is 2.36. The monoisotopic (exact) mass is 223 g/mol. The van der Waals surface area contributed by atoms with Crippen LogP contribution in [-0.2, 0) is 0 Å². The summed E-state index contributed by atoms with van der Waals surface area (Å²) >= 11 is 0. The molecule has 88 valence electrons. The zero-order chi connectivity index (χ0) is 11.4. The molecule has 0 saturated heterocycles. The minimum atomic E-state index is 0.143. The second-order valence-electron chi connectivity index (χ2n) is 3.80. The predicted molar refractivity (Wildman–Crippen MR) is 60.7 cm³/mol.